The second-order valence-electron chi connectivity index (χ2n) is 4.53. The Bertz CT molecular complexity index is 451. The summed E-state index contributed by atoms with van der Waals surface area (Å²) >= 11 is 0. The molecule has 98 valence electrons. The Morgan fingerprint density at radius 3 is 2.89 bits per heavy atom. The number of benzene rings is 1. The summed E-state index contributed by atoms with van der Waals surface area (Å²) < 4.78 is 26.0. The monoisotopic (exact) mass is 254 g/mol. The molecule has 5 heteroatoms. The van der Waals surface area contributed by atoms with Crippen molar-refractivity contribution in [3.05, 3.63) is 35.4 Å². The van der Waals surface area contributed by atoms with Crippen LogP contribution in [0.3, 0.4) is 0 Å². The molecule has 1 heterocycles. The van der Waals surface area contributed by atoms with Gasteiger partial charge in [0.25, 0.3) is 5.91 Å². The van der Waals surface area contributed by atoms with E-state index in [0.29, 0.717) is 6.54 Å². The smallest absolute Gasteiger partial charge is 0.254 e. The molecule has 1 atom stereocenters. The number of hydrogen-bond acceptors (Lipinski definition) is 2. The van der Waals surface area contributed by atoms with Crippen molar-refractivity contribution in [3.63, 3.8) is 0 Å². The van der Waals surface area contributed by atoms with Crippen LogP contribution >= 0.6 is 0 Å². The lowest BCUT2D eigenvalue weighted by molar-refractivity contribution is 0.0706. The van der Waals surface area contributed by atoms with Gasteiger partial charge < -0.3 is 10.2 Å². The first-order valence-electron chi connectivity index (χ1n) is 6.06. The molecule has 0 radical (unpaired) electrons. The van der Waals surface area contributed by atoms with E-state index in [-0.39, 0.29) is 17.5 Å². The SMILES string of the molecule is CC1CNCCCN1C(=O)c1ccc(F)c(F)c1. The molecule has 18 heavy (non-hydrogen) atoms. The van der Waals surface area contributed by atoms with Gasteiger partial charge in [0, 0.05) is 24.7 Å². The van der Waals surface area contributed by atoms with Crippen LogP contribution in [0.1, 0.15) is 23.7 Å². The fraction of sp³-hybridized carbons (Fsp3) is 0.462. The van der Waals surface area contributed by atoms with Gasteiger partial charge in [0.1, 0.15) is 0 Å². The predicted octanol–water partition coefficient (Wildman–Crippen LogP) is 1.79. The molecular weight excluding hydrogens is 238 g/mol. The minimum atomic E-state index is -0.985. The highest BCUT2D eigenvalue weighted by atomic mass is 19.2. The van der Waals surface area contributed by atoms with Gasteiger partial charge in [-0.25, -0.2) is 8.78 Å². The van der Waals surface area contributed by atoms with Crippen LogP contribution in [0.2, 0.25) is 0 Å². The van der Waals surface area contributed by atoms with E-state index in [2.05, 4.69) is 5.32 Å². The first-order valence-corrected chi connectivity index (χ1v) is 6.06. The molecule has 1 unspecified atom stereocenters. The average Bonchev–Trinajstić information content (AvgIpc) is 2.56. The number of carbonyl (C=O) groups is 1. The van der Waals surface area contributed by atoms with E-state index >= 15 is 0 Å². The van der Waals surface area contributed by atoms with Gasteiger partial charge in [-0.1, -0.05) is 0 Å². The fourth-order valence-corrected chi connectivity index (χ4v) is 2.11. The highest BCUT2D eigenvalue weighted by Gasteiger charge is 2.23. The van der Waals surface area contributed by atoms with E-state index in [9.17, 15) is 13.6 Å². The molecule has 1 N–H and O–H groups in total. The standard InChI is InChI=1S/C13H16F2N2O/c1-9-8-16-5-2-6-17(9)13(18)10-3-4-11(14)12(15)7-10/h3-4,7,9,16H,2,5-6,8H2,1H3. The molecule has 1 fully saturated rings. The molecule has 0 saturated carbocycles. The topological polar surface area (TPSA) is 32.3 Å². The molecule has 1 aliphatic rings. The fourth-order valence-electron chi connectivity index (χ4n) is 2.11. The van der Waals surface area contributed by atoms with Crippen molar-refractivity contribution in [3.8, 4) is 0 Å². The van der Waals surface area contributed by atoms with Crippen molar-refractivity contribution in [2.45, 2.75) is 19.4 Å². The second-order valence-corrected chi connectivity index (χ2v) is 4.53. The maximum atomic E-state index is 13.1. The third-order valence-electron chi connectivity index (χ3n) is 3.15. The van der Waals surface area contributed by atoms with Gasteiger partial charge in [0.15, 0.2) is 11.6 Å². The van der Waals surface area contributed by atoms with Crippen molar-refractivity contribution in [2.24, 2.45) is 0 Å². The average molecular weight is 254 g/mol. The Morgan fingerprint density at radius 1 is 1.39 bits per heavy atom. The van der Waals surface area contributed by atoms with E-state index in [0.717, 1.165) is 31.6 Å². The normalized spacial score (nSPS) is 20.6. The highest BCUT2D eigenvalue weighted by molar-refractivity contribution is 5.94. The Hall–Kier alpha value is -1.49. The Morgan fingerprint density at radius 2 is 2.17 bits per heavy atom. The lowest BCUT2D eigenvalue weighted by atomic mass is 10.1. The maximum absolute atomic E-state index is 13.1. The second kappa shape index (κ2) is 5.44. The number of rotatable bonds is 1. The number of nitrogens with zero attached hydrogens (tertiary/aromatic N) is 1. The van der Waals surface area contributed by atoms with Gasteiger partial charge in [-0.05, 0) is 38.1 Å². The van der Waals surface area contributed by atoms with E-state index in [4.69, 9.17) is 0 Å². The molecule has 1 aromatic carbocycles. The third-order valence-corrected chi connectivity index (χ3v) is 3.15. The van der Waals surface area contributed by atoms with E-state index in [1.165, 1.54) is 6.07 Å². The summed E-state index contributed by atoms with van der Waals surface area (Å²) in [5, 5.41) is 3.23. The largest absolute Gasteiger partial charge is 0.335 e. The molecular formula is C13H16F2N2O. The number of carbonyl (C=O) groups excluding carboxylic acids is 1. The molecule has 1 aromatic rings. The summed E-state index contributed by atoms with van der Waals surface area (Å²) in [6, 6.07) is 3.32. The van der Waals surface area contributed by atoms with Crippen LogP contribution in [0.4, 0.5) is 8.78 Å². The summed E-state index contributed by atoms with van der Waals surface area (Å²) in [5.74, 6) is -2.16. The summed E-state index contributed by atoms with van der Waals surface area (Å²) in [5.41, 5.74) is 0.197. The molecule has 0 aromatic heterocycles. The van der Waals surface area contributed by atoms with Gasteiger partial charge in [-0.15, -0.1) is 0 Å². The highest BCUT2D eigenvalue weighted by Crippen LogP contribution is 2.14. The van der Waals surface area contributed by atoms with E-state index < -0.39 is 11.6 Å². The molecule has 0 spiro atoms. The van der Waals surface area contributed by atoms with Crippen LogP contribution in [0.25, 0.3) is 0 Å². The van der Waals surface area contributed by atoms with Crippen LogP contribution in [0.15, 0.2) is 18.2 Å². The number of nitrogens with one attached hydrogen (secondary N) is 1. The van der Waals surface area contributed by atoms with Gasteiger partial charge in [-0.2, -0.15) is 0 Å². The Labute approximate surface area is 105 Å². The first kappa shape index (κ1) is 13.0. The van der Waals surface area contributed by atoms with Crippen molar-refractivity contribution in [1.29, 1.82) is 0 Å². The third kappa shape index (κ3) is 2.67. The molecule has 3 nitrogen and oxygen atoms in total. The predicted molar refractivity (Wildman–Crippen MR) is 64.3 cm³/mol. The lowest BCUT2D eigenvalue weighted by Crippen LogP contribution is -2.41. The molecule has 1 aliphatic heterocycles. The van der Waals surface area contributed by atoms with Gasteiger partial charge in [-0.3, -0.25) is 4.79 Å². The summed E-state index contributed by atoms with van der Waals surface area (Å²) in [7, 11) is 0. The molecule has 0 bridgehead atoms. The van der Waals surface area contributed by atoms with Crippen LogP contribution in [0.5, 0.6) is 0 Å². The number of halogens is 2. The quantitative estimate of drug-likeness (QED) is 0.828. The zero-order valence-electron chi connectivity index (χ0n) is 10.2. The minimum Gasteiger partial charge on any atom is -0.335 e. The van der Waals surface area contributed by atoms with Crippen molar-refractivity contribution >= 4 is 5.91 Å². The Balaban J connectivity index is 2.21. The summed E-state index contributed by atoms with van der Waals surface area (Å²) in [4.78, 5) is 13.9. The van der Waals surface area contributed by atoms with E-state index in [1.807, 2.05) is 6.92 Å². The van der Waals surface area contributed by atoms with Crippen LogP contribution < -0.4 is 5.32 Å². The van der Waals surface area contributed by atoms with Gasteiger partial charge in [0.05, 0.1) is 0 Å². The number of hydrogen-bond donors (Lipinski definition) is 1. The van der Waals surface area contributed by atoms with Crippen molar-refractivity contribution < 1.29 is 13.6 Å². The first-order chi connectivity index (χ1) is 8.59. The molecule has 1 amide bonds. The minimum absolute atomic E-state index is 0.0492. The zero-order valence-corrected chi connectivity index (χ0v) is 10.2. The van der Waals surface area contributed by atoms with Crippen LogP contribution in [-0.4, -0.2) is 36.5 Å². The van der Waals surface area contributed by atoms with Crippen molar-refractivity contribution in [1.82, 2.24) is 10.2 Å². The zero-order chi connectivity index (χ0) is 13.1. The lowest BCUT2D eigenvalue weighted by Gasteiger charge is -2.27. The summed E-state index contributed by atoms with van der Waals surface area (Å²) in [6.45, 7) is 4.16. The van der Waals surface area contributed by atoms with E-state index in [1.54, 1.807) is 4.90 Å². The van der Waals surface area contributed by atoms with Crippen LogP contribution in [0, 0.1) is 11.6 Å². The molecule has 0 aliphatic carbocycles. The van der Waals surface area contributed by atoms with Crippen LogP contribution in [-0.2, 0) is 0 Å². The van der Waals surface area contributed by atoms with Gasteiger partial charge in [0.2, 0.25) is 0 Å². The summed E-state index contributed by atoms with van der Waals surface area (Å²) in [6.07, 6.45) is 0.861. The number of amides is 1. The Kier molecular flexibility index (Phi) is 3.91. The van der Waals surface area contributed by atoms with Crippen molar-refractivity contribution in [2.75, 3.05) is 19.6 Å². The van der Waals surface area contributed by atoms with Gasteiger partial charge >= 0.3 is 0 Å². The maximum Gasteiger partial charge on any atom is 0.254 e. The molecule has 2 rings (SSSR count). The molecule has 1 saturated heterocycles.